The number of hydrogen-bond donors (Lipinski definition) is 3. The highest BCUT2D eigenvalue weighted by molar-refractivity contribution is 14.1. The molecule has 0 saturated heterocycles. The molecule has 0 radical (unpaired) electrons. The summed E-state index contributed by atoms with van der Waals surface area (Å²) in [5.41, 5.74) is 15.4. The van der Waals surface area contributed by atoms with Crippen molar-refractivity contribution < 1.29 is 4.42 Å². The Kier molecular flexibility index (Phi) is 6.67. The predicted octanol–water partition coefficient (Wildman–Crippen LogP) is 11.6. The summed E-state index contributed by atoms with van der Waals surface area (Å²) >= 11 is 2.35. The van der Waals surface area contributed by atoms with Crippen LogP contribution in [0.5, 0.6) is 0 Å². The number of aromatic amines is 3. The molecule has 0 fully saturated rings. The van der Waals surface area contributed by atoms with E-state index in [9.17, 15) is 0 Å². The Bertz CT molecular complexity index is 2620. The fourth-order valence-corrected chi connectivity index (χ4v) is 6.83. The fourth-order valence-electron chi connectivity index (χ4n) is 6.47. The van der Waals surface area contributed by atoms with E-state index in [4.69, 9.17) is 9.40 Å². The van der Waals surface area contributed by atoms with Gasteiger partial charge in [-0.05, 0) is 112 Å². The molecule has 0 amide bonds. The van der Waals surface area contributed by atoms with Gasteiger partial charge in [0.1, 0.15) is 11.2 Å². The van der Waals surface area contributed by atoms with E-state index in [0.29, 0.717) is 0 Å². The molecule has 10 bridgehead atoms. The van der Waals surface area contributed by atoms with Crippen LogP contribution in [0.15, 0.2) is 138 Å². The second kappa shape index (κ2) is 11.3. The van der Waals surface area contributed by atoms with E-state index < -0.39 is 0 Å². The number of rotatable bonds is 3. The maximum Gasteiger partial charge on any atom is 0.137 e. The SMILES string of the molecule is Ic1ccc(-c2c3nc(c4ccc([nH]4)c(-c4ccccc4)c4ccc(o4)c(-c4ccccc4)c4ccc([nH]4)c4ccc2[nH]4)C=C3)cc1. The normalized spacial score (nSPS) is 11.9. The van der Waals surface area contributed by atoms with Crippen LogP contribution in [-0.4, -0.2) is 19.9 Å². The van der Waals surface area contributed by atoms with Gasteiger partial charge >= 0.3 is 0 Å². The van der Waals surface area contributed by atoms with Crippen LogP contribution >= 0.6 is 22.6 Å². The molecule has 47 heavy (non-hydrogen) atoms. The zero-order valence-electron chi connectivity index (χ0n) is 25.1. The van der Waals surface area contributed by atoms with Gasteiger partial charge in [0.05, 0.1) is 39.0 Å². The van der Waals surface area contributed by atoms with Crippen LogP contribution in [0.4, 0.5) is 0 Å². The summed E-state index contributed by atoms with van der Waals surface area (Å²) in [6.45, 7) is 0. The molecule has 0 aliphatic carbocycles. The molecule has 6 heterocycles. The Morgan fingerprint density at radius 1 is 0.404 bits per heavy atom. The van der Waals surface area contributed by atoms with Gasteiger partial charge in [-0.2, -0.15) is 0 Å². The van der Waals surface area contributed by atoms with E-state index in [1.54, 1.807) is 0 Å². The zero-order valence-corrected chi connectivity index (χ0v) is 27.2. The van der Waals surface area contributed by atoms with Crippen molar-refractivity contribution >= 4 is 79.0 Å². The summed E-state index contributed by atoms with van der Waals surface area (Å²) < 4.78 is 7.97. The maximum atomic E-state index is 6.78. The van der Waals surface area contributed by atoms with Gasteiger partial charge in [-0.3, -0.25) is 0 Å². The highest BCUT2D eigenvalue weighted by Crippen LogP contribution is 2.36. The average Bonchev–Trinajstić information content (AvgIpc) is 3.95. The van der Waals surface area contributed by atoms with Crippen LogP contribution in [0.3, 0.4) is 0 Å². The van der Waals surface area contributed by atoms with Crippen molar-refractivity contribution in [3.05, 3.63) is 148 Å². The third kappa shape index (κ3) is 4.98. The maximum absolute atomic E-state index is 6.78. The van der Waals surface area contributed by atoms with Crippen molar-refractivity contribution in [3.8, 4) is 33.4 Å². The number of aromatic nitrogens is 4. The number of halogens is 1. The van der Waals surface area contributed by atoms with Crippen molar-refractivity contribution in [1.82, 2.24) is 19.9 Å². The van der Waals surface area contributed by atoms with Gasteiger partial charge in [-0.1, -0.05) is 72.8 Å². The molecular weight excluding hydrogens is 691 g/mol. The van der Waals surface area contributed by atoms with Crippen LogP contribution in [0, 0.1) is 3.57 Å². The second-order valence-electron chi connectivity index (χ2n) is 11.6. The number of nitrogens with one attached hydrogen (secondary N) is 3. The van der Waals surface area contributed by atoms with Crippen LogP contribution in [0.1, 0.15) is 11.4 Å². The first-order valence-corrected chi connectivity index (χ1v) is 16.6. The highest BCUT2D eigenvalue weighted by atomic mass is 127. The molecule has 1 aliphatic heterocycles. The number of hydrogen-bond acceptors (Lipinski definition) is 2. The van der Waals surface area contributed by atoms with E-state index in [-0.39, 0.29) is 0 Å². The Labute approximate surface area is 283 Å². The minimum atomic E-state index is 0.778. The van der Waals surface area contributed by atoms with Crippen molar-refractivity contribution in [2.75, 3.05) is 0 Å². The number of furan rings is 1. The summed E-state index contributed by atoms with van der Waals surface area (Å²) in [6, 6.07) is 46.3. The van der Waals surface area contributed by atoms with Crippen LogP contribution in [-0.2, 0) is 0 Å². The monoisotopic (exact) mass is 718 g/mol. The van der Waals surface area contributed by atoms with Gasteiger partial charge in [0, 0.05) is 25.8 Å². The third-order valence-electron chi connectivity index (χ3n) is 8.68. The van der Waals surface area contributed by atoms with Crippen LogP contribution in [0.2, 0.25) is 0 Å². The van der Waals surface area contributed by atoms with E-state index in [0.717, 1.165) is 89.0 Å². The Morgan fingerprint density at radius 3 is 1.43 bits per heavy atom. The molecule has 3 N–H and O–H groups in total. The van der Waals surface area contributed by atoms with E-state index in [2.05, 4.69) is 171 Å². The van der Waals surface area contributed by atoms with E-state index in [1.165, 1.54) is 3.57 Å². The first kappa shape index (κ1) is 27.7. The van der Waals surface area contributed by atoms with Crippen molar-refractivity contribution in [1.29, 1.82) is 0 Å². The molecule has 5 nitrogen and oxygen atoms in total. The van der Waals surface area contributed by atoms with Crippen molar-refractivity contribution in [2.45, 2.75) is 0 Å². The molecule has 0 unspecified atom stereocenters. The van der Waals surface area contributed by atoms with Crippen LogP contribution in [0.25, 0.3) is 89.8 Å². The largest absolute Gasteiger partial charge is 0.456 e. The van der Waals surface area contributed by atoms with Gasteiger partial charge in [0.15, 0.2) is 0 Å². The summed E-state index contributed by atoms with van der Waals surface area (Å²) in [6.07, 6.45) is 4.19. The molecular formula is C41H27IN4O. The molecule has 1 aliphatic rings. The summed E-state index contributed by atoms with van der Waals surface area (Å²) in [5, 5.41) is 0. The molecule has 3 aromatic carbocycles. The summed E-state index contributed by atoms with van der Waals surface area (Å²) in [7, 11) is 0. The molecule has 0 atom stereocenters. The van der Waals surface area contributed by atoms with Crippen molar-refractivity contribution in [2.24, 2.45) is 0 Å². The van der Waals surface area contributed by atoms with Gasteiger partial charge in [0.25, 0.3) is 0 Å². The number of H-pyrrole nitrogens is 3. The molecule has 8 aromatic rings. The predicted molar refractivity (Wildman–Crippen MR) is 203 cm³/mol. The third-order valence-corrected chi connectivity index (χ3v) is 9.40. The minimum Gasteiger partial charge on any atom is -0.456 e. The standard InChI is InChI=1S/C41H27IN4O/c42-28-13-11-27(12-14-28)39-33-19-15-29(43-33)31-17-21-35(45-31)40(25-7-3-1-4-8-25)37-23-24-38(47-37)41(26-9-5-2-6-10-26)36-22-18-32(46-36)30-16-20-34(39)44-30/h1-24,43,45-46H. The highest BCUT2D eigenvalue weighted by Gasteiger charge is 2.15. The van der Waals surface area contributed by atoms with E-state index in [1.807, 2.05) is 12.1 Å². The second-order valence-corrected chi connectivity index (χ2v) is 12.8. The Morgan fingerprint density at radius 2 is 0.851 bits per heavy atom. The molecule has 5 aromatic heterocycles. The quantitative estimate of drug-likeness (QED) is 0.159. The zero-order chi connectivity index (χ0) is 31.3. The van der Waals surface area contributed by atoms with Gasteiger partial charge < -0.3 is 19.4 Å². The first-order chi connectivity index (χ1) is 23.2. The summed E-state index contributed by atoms with van der Waals surface area (Å²) in [4.78, 5) is 16.2. The number of benzene rings is 3. The lowest BCUT2D eigenvalue weighted by molar-refractivity contribution is 0.668. The molecule has 6 heteroatoms. The van der Waals surface area contributed by atoms with Crippen molar-refractivity contribution in [3.63, 3.8) is 0 Å². The lowest BCUT2D eigenvalue weighted by Gasteiger charge is -2.04. The molecule has 224 valence electrons. The van der Waals surface area contributed by atoms with Gasteiger partial charge in [0.2, 0.25) is 0 Å². The van der Waals surface area contributed by atoms with E-state index >= 15 is 0 Å². The van der Waals surface area contributed by atoms with Crippen LogP contribution < -0.4 is 0 Å². The molecule has 0 spiro atoms. The molecule has 9 rings (SSSR count). The average molecular weight is 719 g/mol. The Balaban J connectivity index is 1.45. The smallest absolute Gasteiger partial charge is 0.137 e. The van der Waals surface area contributed by atoms with Gasteiger partial charge in [-0.25, -0.2) is 4.98 Å². The Hall–Kier alpha value is -5.60. The minimum absolute atomic E-state index is 0.778. The number of fused-ring (bicyclic) bond motifs is 12. The summed E-state index contributed by atoms with van der Waals surface area (Å²) in [5.74, 6) is 0. The van der Waals surface area contributed by atoms with Gasteiger partial charge in [-0.15, -0.1) is 0 Å². The first-order valence-electron chi connectivity index (χ1n) is 15.5. The lowest BCUT2D eigenvalue weighted by Crippen LogP contribution is -1.86. The fraction of sp³-hybridized carbons (Fsp3) is 0. The lowest BCUT2D eigenvalue weighted by atomic mass is 10.0. The molecule has 0 saturated carbocycles. The topological polar surface area (TPSA) is 73.4 Å². The number of nitrogens with zero attached hydrogens (tertiary/aromatic N) is 1.